The molecule has 1 unspecified atom stereocenters. The molecule has 2 rings (SSSR count). The molecule has 0 aromatic carbocycles. The summed E-state index contributed by atoms with van der Waals surface area (Å²) in [6.45, 7) is 5.11. The predicted octanol–water partition coefficient (Wildman–Crippen LogP) is -0.389. The Kier molecular flexibility index (Phi) is 4.99. The average Bonchev–Trinajstić information content (AvgIpc) is 3.12. The van der Waals surface area contributed by atoms with Crippen molar-refractivity contribution in [1.29, 1.82) is 0 Å². The van der Waals surface area contributed by atoms with E-state index in [1.54, 1.807) is 0 Å². The van der Waals surface area contributed by atoms with Crippen molar-refractivity contribution < 1.29 is 14.6 Å². The summed E-state index contributed by atoms with van der Waals surface area (Å²) in [6.07, 6.45) is 2.17. The number of nitrogens with zero attached hydrogens (tertiary/aromatic N) is 1. The molecule has 0 amide bonds. The van der Waals surface area contributed by atoms with Gasteiger partial charge in [-0.05, 0) is 18.8 Å². The van der Waals surface area contributed by atoms with E-state index >= 15 is 0 Å². The Labute approximate surface area is 96.7 Å². The zero-order valence-electron chi connectivity index (χ0n) is 9.73. The Hall–Kier alpha value is -0.200. The summed E-state index contributed by atoms with van der Waals surface area (Å²) in [4.78, 5) is 0. The van der Waals surface area contributed by atoms with Crippen molar-refractivity contribution in [3.05, 3.63) is 0 Å². The number of morpholine rings is 1. The van der Waals surface area contributed by atoms with Gasteiger partial charge in [-0.3, -0.25) is 5.43 Å². The molecule has 2 fully saturated rings. The predicted molar refractivity (Wildman–Crippen MR) is 59.9 cm³/mol. The van der Waals surface area contributed by atoms with Crippen LogP contribution in [0.1, 0.15) is 12.8 Å². The Morgan fingerprint density at radius 1 is 1.38 bits per heavy atom. The molecule has 1 aliphatic heterocycles. The van der Waals surface area contributed by atoms with Crippen molar-refractivity contribution in [2.45, 2.75) is 18.9 Å². The fourth-order valence-corrected chi connectivity index (χ4v) is 1.67. The number of aliphatic hydroxyl groups is 1. The van der Waals surface area contributed by atoms with E-state index in [0.717, 1.165) is 38.8 Å². The summed E-state index contributed by atoms with van der Waals surface area (Å²) in [7, 11) is 0. The van der Waals surface area contributed by atoms with Crippen LogP contribution in [0.5, 0.6) is 0 Å². The van der Waals surface area contributed by atoms with Crippen molar-refractivity contribution in [1.82, 2.24) is 10.4 Å². The molecule has 2 N–H and O–H groups in total. The van der Waals surface area contributed by atoms with Gasteiger partial charge in [0.05, 0.1) is 25.9 Å². The standard InChI is InChI=1S/C11H22N2O3/c14-11(9-16-8-10-1-2-10)7-12-13-3-5-15-6-4-13/h10-12,14H,1-9H2. The fourth-order valence-electron chi connectivity index (χ4n) is 1.67. The zero-order chi connectivity index (χ0) is 11.2. The molecule has 2 aliphatic rings. The van der Waals surface area contributed by atoms with Crippen LogP contribution in [-0.2, 0) is 9.47 Å². The highest BCUT2D eigenvalue weighted by Crippen LogP contribution is 2.28. The minimum Gasteiger partial charge on any atom is -0.389 e. The van der Waals surface area contributed by atoms with Crippen molar-refractivity contribution in [3.63, 3.8) is 0 Å². The lowest BCUT2D eigenvalue weighted by molar-refractivity contribution is -0.0118. The third kappa shape index (κ3) is 4.76. The van der Waals surface area contributed by atoms with E-state index in [0.29, 0.717) is 13.2 Å². The monoisotopic (exact) mass is 230 g/mol. The molecule has 16 heavy (non-hydrogen) atoms. The quantitative estimate of drug-likeness (QED) is 0.624. The molecule has 1 saturated carbocycles. The molecule has 1 heterocycles. The summed E-state index contributed by atoms with van der Waals surface area (Å²) in [5.74, 6) is 0.763. The number of nitrogens with one attached hydrogen (secondary N) is 1. The first kappa shape index (κ1) is 12.3. The molecule has 1 saturated heterocycles. The number of hydrazine groups is 1. The van der Waals surface area contributed by atoms with Gasteiger partial charge in [0.15, 0.2) is 0 Å². The van der Waals surface area contributed by atoms with Gasteiger partial charge in [-0.25, -0.2) is 5.01 Å². The van der Waals surface area contributed by atoms with Gasteiger partial charge in [0.25, 0.3) is 0 Å². The Morgan fingerprint density at radius 2 is 2.12 bits per heavy atom. The molecular formula is C11H22N2O3. The van der Waals surface area contributed by atoms with Crippen LogP contribution in [0.4, 0.5) is 0 Å². The van der Waals surface area contributed by atoms with Gasteiger partial charge in [0.2, 0.25) is 0 Å². The van der Waals surface area contributed by atoms with Crippen LogP contribution in [0.25, 0.3) is 0 Å². The molecule has 0 aromatic heterocycles. The van der Waals surface area contributed by atoms with Gasteiger partial charge in [-0.15, -0.1) is 0 Å². The number of rotatable bonds is 7. The third-order valence-corrected chi connectivity index (χ3v) is 2.92. The highest BCUT2D eigenvalue weighted by molar-refractivity contribution is 4.72. The average molecular weight is 230 g/mol. The minimum absolute atomic E-state index is 0.415. The molecule has 0 aromatic rings. The topological polar surface area (TPSA) is 54.0 Å². The molecule has 1 atom stereocenters. The summed E-state index contributed by atoms with van der Waals surface area (Å²) in [6, 6.07) is 0. The van der Waals surface area contributed by atoms with Gasteiger partial charge in [-0.1, -0.05) is 0 Å². The molecule has 0 bridgehead atoms. The van der Waals surface area contributed by atoms with Crippen LogP contribution in [-0.4, -0.2) is 62.3 Å². The second kappa shape index (κ2) is 6.51. The number of hydrogen-bond acceptors (Lipinski definition) is 5. The van der Waals surface area contributed by atoms with E-state index in [1.165, 1.54) is 12.8 Å². The highest BCUT2D eigenvalue weighted by Gasteiger charge is 2.21. The van der Waals surface area contributed by atoms with E-state index in [-0.39, 0.29) is 0 Å². The summed E-state index contributed by atoms with van der Waals surface area (Å²) >= 11 is 0. The Balaban J connectivity index is 1.46. The van der Waals surface area contributed by atoms with Crippen molar-refractivity contribution in [3.8, 4) is 0 Å². The number of aliphatic hydroxyl groups excluding tert-OH is 1. The fraction of sp³-hybridized carbons (Fsp3) is 1.00. The summed E-state index contributed by atoms with van der Waals surface area (Å²) in [5, 5.41) is 11.8. The summed E-state index contributed by atoms with van der Waals surface area (Å²) in [5.41, 5.74) is 3.20. The Morgan fingerprint density at radius 3 is 2.81 bits per heavy atom. The first-order valence-electron chi connectivity index (χ1n) is 6.16. The zero-order valence-corrected chi connectivity index (χ0v) is 9.73. The molecule has 1 aliphatic carbocycles. The molecule has 94 valence electrons. The van der Waals surface area contributed by atoms with E-state index in [2.05, 4.69) is 10.4 Å². The van der Waals surface area contributed by atoms with Crippen LogP contribution in [0.2, 0.25) is 0 Å². The highest BCUT2D eigenvalue weighted by atomic mass is 16.5. The SMILES string of the molecule is OC(CNN1CCOCC1)COCC1CC1. The molecular weight excluding hydrogens is 208 g/mol. The maximum Gasteiger partial charge on any atom is 0.0911 e. The van der Waals surface area contributed by atoms with E-state index < -0.39 is 6.10 Å². The van der Waals surface area contributed by atoms with Crippen LogP contribution in [0.15, 0.2) is 0 Å². The van der Waals surface area contributed by atoms with Crippen molar-refractivity contribution in [2.24, 2.45) is 5.92 Å². The third-order valence-electron chi connectivity index (χ3n) is 2.92. The summed E-state index contributed by atoms with van der Waals surface area (Å²) < 4.78 is 10.7. The van der Waals surface area contributed by atoms with Crippen LogP contribution in [0, 0.1) is 5.92 Å². The molecule has 5 nitrogen and oxygen atoms in total. The lowest BCUT2D eigenvalue weighted by Gasteiger charge is -2.28. The maximum atomic E-state index is 9.67. The molecule has 5 heteroatoms. The van der Waals surface area contributed by atoms with Gasteiger partial charge >= 0.3 is 0 Å². The minimum atomic E-state index is -0.415. The van der Waals surface area contributed by atoms with Crippen molar-refractivity contribution in [2.75, 3.05) is 46.1 Å². The molecule has 0 spiro atoms. The number of hydrogen-bond donors (Lipinski definition) is 2. The van der Waals surface area contributed by atoms with Crippen molar-refractivity contribution >= 4 is 0 Å². The smallest absolute Gasteiger partial charge is 0.0911 e. The second-order valence-electron chi connectivity index (χ2n) is 4.60. The van der Waals surface area contributed by atoms with Crippen LogP contribution in [0.3, 0.4) is 0 Å². The molecule has 0 radical (unpaired) electrons. The second-order valence-corrected chi connectivity index (χ2v) is 4.60. The number of ether oxygens (including phenoxy) is 2. The van der Waals surface area contributed by atoms with Crippen LogP contribution < -0.4 is 5.43 Å². The lowest BCUT2D eigenvalue weighted by atomic mass is 10.4. The maximum absolute atomic E-state index is 9.67. The van der Waals surface area contributed by atoms with Gasteiger partial charge in [0.1, 0.15) is 0 Å². The van der Waals surface area contributed by atoms with Crippen LogP contribution >= 0.6 is 0 Å². The largest absolute Gasteiger partial charge is 0.389 e. The van der Waals surface area contributed by atoms with Gasteiger partial charge in [0, 0.05) is 26.2 Å². The van der Waals surface area contributed by atoms with Gasteiger partial charge < -0.3 is 14.6 Å². The van der Waals surface area contributed by atoms with Gasteiger partial charge in [-0.2, -0.15) is 0 Å². The first-order valence-corrected chi connectivity index (χ1v) is 6.16. The Bertz CT molecular complexity index is 194. The van der Waals surface area contributed by atoms with E-state index in [4.69, 9.17) is 9.47 Å². The van der Waals surface area contributed by atoms with E-state index in [1.807, 2.05) is 0 Å². The normalized spacial score (nSPS) is 24.6. The van der Waals surface area contributed by atoms with E-state index in [9.17, 15) is 5.11 Å². The first-order chi connectivity index (χ1) is 7.84. The lowest BCUT2D eigenvalue weighted by Crippen LogP contribution is -2.48.